The van der Waals surface area contributed by atoms with Gasteiger partial charge in [-0.15, -0.1) is 0 Å². The van der Waals surface area contributed by atoms with Crippen LogP contribution in [0.1, 0.15) is 30.6 Å². The van der Waals surface area contributed by atoms with Crippen molar-refractivity contribution >= 4 is 33.8 Å². The van der Waals surface area contributed by atoms with E-state index >= 15 is 0 Å². The molecule has 0 radical (unpaired) electrons. The van der Waals surface area contributed by atoms with Gasteiger partial charge in [-0.2, -0.15) is 0 Å². The Morgan fingerprint density at radius 1 is 1.24 bits per heavy atom. The molecule has 0 spiro atoms. The summed E-state index contributed by atoms with van der Waals surface area (Å²) in [7, 11) is 2.77. The first-order valence-corrected chi connectivity index (χ1v) is 8.51. The van der Waals surface area contributed by atoms with Crippen LogP contribution >= 0.6 is 15.9 Å². The highest BCUT2D eigenvalue weighted by molar-refractivity contribution is 9.10. The van der Waals surface area contributed by atoms with Crippen molar-refractivity contribution in [2.24, 2.45) is 5.92 Å². The molecule has 0 aliphatic rings. The van der Waals surface area contributed by atoms with E-state index in [4.69, 9.17) is 9.47 Å². The van der Waals surface area contributed by atoms with E-state index in [1.54, 1.807) is 6.07 Å². The van der Waals surface area contributed by atoms with Gasteiger partial charge in [-0.25, -0.2) is 9.59 Å². The molecule has 0 bridgehead atoms. The number of esters is 2. The maximum absolute atomic E-state index is 12.0. The maximum Gasteiger partial charge on any atom is 0.338 e. The van der Waals surface area contributed by atoms with E-state index in [-0.39, 0.29) is 11.5 Å². The quantitative estimate of drug-likeness (QED) is 0.655. The summed E-state index contributed by atoms with van der Waals surface area (Å²) < 4.78 is 15.3. The van der Waals surface area contributed by atoms with Gasteiger partial charge in [0.25, 0.3) is 5.91 Å². The number of hydrogen-bond acceptors (Lipinski definition) is 6. The predicted molar refractivity (Wildman–Crippen MR) is 94.4 cm³/mol. The fourth-order valence-electron chi connectivity index (χ4n) is 2.02. The predicted octanol–water partition coefficient (Wildman–Crippen LogP) is 2.32. The number of amides is 1. The Morgan fingerprint density at radius 3 is 2.44 bits per heavy atom. The lowest BCUT2D eigenvalue weighted by molar-refractivity contribution is -0.147. The van der Waals surface area contributed by atoms with Crippen LogP contribution in [0.3, 0.4) is 0 Å². The van der Waals surface area contributed by atoms with Gasteiger partial charge in [-0.1, -0.05) is 20.3 Å². The maximum atomic E-state index is 12.0. The number of carbonyl (C=O) groups is 3. The van der Waals surface area contributed by atoms with Crippen LogP contribution in [0.25, 0.3) is 0 Å². The van der Waals surface area contributed by atoms with Crippen molar-refractivity contribution in [2.45, 2.75) is 26.3 Å². The number of carbonyl (C=O) groups excluding carboxylic acids is 3. The van der Waals surface area contributed by atoms with Crippen molar-refractivity contribution in [1.82, 2.24) is 5.32 Å². The number of methoxy groups -OCH3 is 2. The molecule has 0 saturated heterocycles. The molecule has 1 amide bonds. The van der Waals surface area contributed by atoms with Gasteiger partial charge < -0.3 is 19.5 Å². The first-order valence-electron chi connectivity index (χ1n) is 7.71. The summed E-state index contributed by atoms with van der Waals surface area (Å²) in [5, 5.41) is 2.53. The van der Waals surface area contributed by atoms with Crippen molar-refractivity contribution in [2.75, 3.05) is 20.8 Å². The van der Waals surface area contributed by atoms with Crippen LogP contribution in [-0.2, 0) is 19.1 Å². The third-order valence-corrected chi connectivity index (χ3v) is 4.33. The van der Waals surface area contributed by atoms with Crippen LogP contribution in [0.15, 0.2) is 22.7 Å². The summed E-state index contributed by atoms with van der Waals surface area (Å²) >= 11 is 3.27. The number of rotatable bonds is 8. The van der Waals surface area contributed by atoms with E-state index < -0.39 is 30.5 Å². The van der Waals surface area contributed by atoms with Crippen LogP contribution in [0.2, 0.25) is 0 Å². The lowest BCUT2D eigenvalue weighted by atomic mass is 9.99. The minimum absolute atomic E-state index is 0.107. The van der Waals surface area contributed by atoms with Gasteiger partial charge in [0.05, 0.1) is 24.3 Å². The Labute approximate surface area is 155 Å². The third kappa shape index (κ3) is 6.04. The van der Waals surface area contributed by atoms with Crippen molar-refractivity contribution in [3.05, 3.63) is 28.2 Å². The number of benzene rings is 1. The zero-order chi connectivity index (χ0) is 19.0. The second kappa shape index (κ2) is 10.0. The lowest BCUT2D eigenvalue weighted by Gasteiger charge is -2.21. The second-order valence-corrected chi connectivity index (χ2v) is 6.23. The summed E-state index contributed by atoms with van der Waals surface area (Å²) in [4.78, 5) is 35.7. The fourth-order valence-corrected chi connectivity index (χ4v) is 2.56. The first-order chi connectivity index (χ1) is 11.8. The van der Waals surface area contributed by atoms with E-state index in [1.165, 1.54) is 26.4 Å². The Hall–Kier alpha value is -2.09. The van der Waals surface area contributed by atoms with Crippen LogP contribution in [0.4, 0.5) is 0 Å². The highest BCUT2D eigenvalue weighted by Gasteiger charge is 2.27. The van der Waals surface area contributed by atoms with Gasteiger partial charge in [-0.05, 0) is 40.0 Å². The minimum atomic E-state index is -0.781. The molecule has 0 heterocycles. The highest BCUT2D eigenvalue weighted by Crippen LogP contribution is 2.25. The Balaban J connectivity index is 2.64. The molecule has 0 fully saturated rings. The summed E-state index contributed by atoms with van der Waals surface area (Å²) in [6.07, 6.45) is 0.680. The highest BCUT2D eigenvalue weighted by atomic mass is 79.9. The van der Waals surface area contributed by atoms with Crippen LogP contribution in [0, 0.1) is 5.92 Å². The summed E-state index contributed by atoms with van der Waals surface area (Å²) in [6.45, 7) is 3.23. The molecule has 0 saturated carbocycles. The second-order valence-electron chi connectivity index (χ2n) is 5.38. The molecule has 0 aromatic heterocycles. The molecule has 1 N–H and O–H groups in total. The molecule has 25 heavy (non-hydrogen) atoms. The van der Waals surface area contributed by atoms with Gasteiger partial charge in [0.1, 0.15) is 11.8 Å². The Bertz CT molecular complexity index is 634. The molecule has 0 aliphatic heterocycles. The topological polar surface area (TPSA) is 90.9 Å². The van der Waals surface area contributed by atoms with Crippen molar-refractivity contribution in [1.29, 1.82) is 0 Å². The zero-order valence-electron chi connectivity index (χ0n) is 14.6. The summed E-state index contributed by atoms with van der Waals surface area (Å²) in [6, 6.07) is 3.89. The largest absolute Gasteiger partial charge is 0.496 e. The van der Waals surface area contributed by atoms with Crippen LogP contribution < -0.4 is 10.1 Å². The van der Waals surface area contributed by atoms with E-state index in [0.717, 1.165) is 0 Å². The Kier molecular flexibility index (Phi) is 8.40. The molecule has 138 valence electrons. The van der Waals surface area contributed by atoms with E-state index in [2.05, 4.69) is 26.0 Å². The lowest BCUT2D eigenvalue weighted by Crippen LogP contribution is -2.47. The molecule has 0 unspecified atom stereocenters. The molecule has 0 aliphatic carbocycles. The normalized spacial score (nSPS) is 12.7. The number of ether oxygens (including phenoxy) is 3. The summed E-state index contributed by atoms with van der Waals surface area (Å²) in [5.74, 6) is -1.30. The smallest absolute Gasteiger partial charge is 0.338 e. The van der Waals surface area contributed by atoms with E-state index in [0.29, 0.717) is 16.6 Å². The van der Waals surface area contributed by atoms with E-state index in [9.17, 15) is 14.4 Å². The Morgan fingerprint density at radius 2 is 1.92 bits per heavy atom. The van der Waals surface area contributed by atoms with Gasteiger partial charge in [-0.3, -0.25) is 4.79 Å². The average molecular weight is 416 g/mol. The summed E-state index contributed by atoms with van der Waals surface area (Å²) in [5.41, 5.74) is 0.270. The number of nitrogens with one attached hydrogen (secondary N) is 1. The van der Waals surface area contributed by atoms with Gasteiger partial charge >= 0.3 is 11.9 Å². The number of hydrogen-bond donors (Lipinski definition) is 1. The van der Waals surface area contributed by atoms with Crippen LogP contribution in [0.5, 0.6) is 5.75 Å². The first kappa shape index (κ1) is 21.0. The molecule has 1 rings (SSSR count). The molecule has 7 nitrogen and oxygen atoms in total. The average Bonchev–Trinajstić information content (AvgIpc) is 2.62. The molecular weight excluding hydrogens is 394 g/mol. The van der Waals surface area contributed by atoms with Crippen molar-refractivity contribution in [3.8, 4) is 5.75 Å². The van der Waals surface area contributed by atoms with Gasteiger partial charge in [0, 0.05) is 0 Å². The molecule has 1 aromatic carbocycles. The van der Waals surface area contributed by atoms with Gasteiger partial charge in [0.15, 0.2) is 6.61 Å². The van der Waals surface area contributed by atoms with Crippen molar-refractivity contribution < 1.29 is 28.6 Å². The van der Waals surface area contributed by atoms with Gasteiger partial charge in [0.2, 0.25) is 0 Å². The molecule has 1 aromatic rings. The fraction of sp³-hybridized carbons (Fsp3) is 0.471. The third-order valence-electron chi connectivity index (χ3n) is 3.71. The van der Waals surface area contributed by atoms with Crippen molar-refractivity contribution in [3.63, 3.8) is 0 Å². The molecule has 2 atom stereocenters. The zero-order valence-corrected chi connectivity index (χ0v) is 16.2. The SMILES string of the molecule is CC[C@H](C)[C@@H](NC(=O)COC(=O)c1ccc(OC)c(Br)c1)C(=O)OC. The minimum Gasteiger partial charge on any atom is -0.496 e. The monoisotopic (exact) mass is 415 g/mol. The molecule has 8 heteroatoms. The standard InChI is InChI=1S/C17H22BrNO6/c1-5-10(2)15(17(22)24-4)19-14(20)9-25-16(21)11-6-7-13(23-3)12(18)8-11/h6-8,10,15H,5,9H2,1-4H3,(H,19,20)/t10-,15+/m0/s1. The van der Waals surface area contributed by atoms with E-state index in [1.807, 2.05) is 13.8 Å². The molecular formula is C17H22BrNO6. The van der Waals surface area contributed by atoms with Crippen LogP contribution in [-0.4, -0.2) is 44.7 Å². The number of halogens is 1.